The van der Waals surface area contributed by atoms with E-state index in [0.717, 1.165) is 19.4 Å². The van der Waals surface area contributed by atoms with E-state index in [2.05, 4.69) is 95.7 Å². The summed E-state index contributed by atoms with van der Waals surface area (Å²) >= 11 is 0. The van der Waals surface area contributed by atoms with E-state index in [-0.39, 0.29) is 0 Å². The lowest BCUT2D eigenvalue weighted by atomic mass is 9.98. The highest BCUT2D eigenvalue weighted by Gasteiger charge is 2.32. The molecule has 1 aromatic heterocycles. The van der Waals surface area contributed by atoms with E-state index in [1.165, 1.54) is 33.5 Å². The maximum absolute atomic E-state index is 2.50. The van der Waals surface area contributed by atoms with Gasteiger partial charge in [0, 0.05) is 17.7 Å². The van der Waals surface area contributed by atoms with Crippen LogP contribution in [0.15, 0.2) is 90.6 Å². The van der Waals surface area contributed by atoms with Crippen LogP contribution in [0, 0.1) is 5.92 Å². The lowest BCUT2D eigenvalue weighted by Gasteiger charge is -2.07. The molecule has 0 saturated heterocycles. The van der Waals surface area contributed by atoms with E-state index in [9.17, 15) is 0 Å². The summed E-state index contributed by atoms with van der Waals surface area (Å²) in [6.07, 6.45) is 9.40. The molecule has 0 amide bonds. The highest BCUT2D eigenvalue weighted by Crippen LogP contribution is 2.44. The molecule has 0 N–H and O–H groups in total. The van der Waals surface area contributed by atoms with Gasteiger partial charge < -0.3 is 0 Å². The summed E-state index contributed by atoms with van der Waals surface area (Å²) in [6.45, 7) is 0.925. The van der Waals surface area contributed by atoms with Crippen LogP contribution in [0.25, 0.3) is 11.6 Å². The van der Waals surface area contributed by atoms with Crippen LogP contribution in [0.5, 0.6) is 0 Å². The molecule has 0 saturated carbocycles. The smallest absolute Gasteiger partial charge is 0.194 e. The summed E-state index contributed by atoms with van der Waals surface area (Å²) in [4.78, 5) is 0. The summed E-state index contributed by atoms with van der Waals surface area (Å²) in [5.74, 6) is 0.620. The van der Waals surface area contributed by atoms with Crippen LogP contribution in [0.2, 0.25) is 0 Å². The molecule has 3 aromatic rings. The van der Waals surface area contributed by atoms with Crippen LogP contribution in [0.4, 0.5) is 0 Å². The lowest BCUT2D eigenvalue weighted by Crippen LogP contribution is -2.37. The number of hydrogen-bond donors (Lipinski definition) is 0. The van der Waals surface area contributed by atoms with E-state index in [0.29, 0.717) is 5.92 Å². The molecule has 0 spiro atoms. The van der Waals surface area contributed by atoms with Crippen molar-refractivity contribution in [1.29, 1.82) is 0 Å². The lowest BCUT2D eigenvalue weighted by molar-refractivity contribution is -0.690. The molecule has 1 heterocycles. The summed E-state index contributed by atoms with van der Waals surface area (Å²) in [5.41, 5.74) is 8.50. The minimum Gasteiger partial charge on any atom is -0.194 e. The normalized spacial score (nSPS) is 17.5. The molecule has 1 atom stereocenters. The first-order chi connectivity index (χ1) is 12.9. The number of hydrogen-bond acceptors (Lipinski definition) is 0. The molecular weight excluding hydrogens is 314 g/mol. The van der Waals surface area contributed by atoms with Gasteiger partial charge in [0.05, 0.1) is 5.56 Å². The molecule has 0 fully saturated rings. The zero-order valence-corrected chi connectivity index (χ0v) is 14.8. The second-order valence-corrected chi connectivity index (χ2v) is 7.32. The first-order valence-corrected chi connectivity index (χ1v) is 9.40. The molecule has 0 bridgehead atoms. The molecule has 0 radical (unpaired) electrons. The van der Waals surface area contributed by atoms with Crippen molar-refractivity contribution in [3.63, 3.8) is 0 Å². The minimum absolute atomic E-state index is 0.620. The Hall–Kier alpha value is -2.93. The van der Waals surface area contributed by atoms with Crippen LogP contribution in [0.1, 0.15) is 28.8 Å². The molecule has 1 unspecified atom stereocenters. The number of nitrogens with zero attached hydrogens (tertiary/aromatic N) is 1. The van der Waals surface area contributed by atoms with Crippen molar-refractivity contribution in [2.75, 3.05) is 0 Å². The molecule has 0 aliphatic heterocycles. The molecule has 5 rings (SSSR count). The molecule has 2 aliphatic rings. The average Bonchev–Trinajstić information content (AvgIpc) is 3.22. The van der Waals surface area contributed by atoms with Crippen molar-refractivity contribution in [2.45, 2.75) is 19.4 Å². The minimum atomic E-state index is 0.620. The number of pyridine rings is 1. The van der Waals surface area contributed by atoms with Crippen LogP contribution in [-0.2, 0) is 13.0 Å². The third kappa shape index (κ3) is 2.80. The predicted molar refractivity (Wildman–Crippen MR) is 106 cm³/mol. The Balaban J connectivity index is 1.43. The van der Waals surface area contributed by atoms with Gasteiger partial charge in [-0.1, -0.05) is 66.7 Å². The van der Waals surface area contributed by atoms with Gasteiger partial charge >= 0.3 is 0 Å². The Morgan fingerprint density at radius 1 is 0.808 bits per heavy atom. The Kier molecular flexibility index (Phi) is 3.79. The number of allylic oxidation sites excluding steroid dienone is 3. The maximum atomic E-state index is 2.50. The molecule has 1 heteroatoms. The van der Waals surface area contributed by atoms with Crippen molar-refractivity contribution >= 4 is 11.6 Å². The van der Waals surface area contributed by atoms with Gasteiger partial charge in [-0.05, 0) is 41.5 Å². The monoisotopic (exact) mass is 336 g/mol. The Morgan fingerprint density at radius 2 is 1.54 bits per heavy atom. The fraction of sp³-hybridized carbons (Fsp3) is 0.160. The highest BCUT2D eigenvalue weighted by atomic mass is 15.0. The van der Waals surface area contributed by atoms with E-state index in [1.807, 2.05) is 0 Å². The molecule has 2 aliphatic carbocycles. The number of rotatable bonds is 4. The Labute approximate surface area is 155 Å². The van der Waals surface area contributed by atoms with E-state index >= 15 is 0 Å². The summed E-state index contributed by atoms with van der Waals surface area (Å²) in [7, 11) is 0. The Morgan fingerprint density at radius 3 is 2.31 bits per heavy atom. The van der Waals surface area contributed by atoms with Crippen molar-refractivity contribution in [3.05, 3.63) is 113 Å². The third-order valence-corrected chi connectivity index (χ3v) is 5.48. The predicted octanol–water partition coefficient (Wildman–Crippen LogP) is 5.07. The second kappa shape index (κ2) is 6.42. The van der Waals surface area contributed by atoms with Crippen LogP contribution >= 0.6 is 0 Å². The summed E-state index contributed by atoms with van der Waals surface area (Å²) in [5, 5.41) is 0. The molecule has 1 nitrogen and oxygen atoms in total. The van der Waals surface area contributed by atoms with Gasteiger partial charge in [-0.2, -0.15) is 4.57 Å². The average molecular weight is 336 g/mol. The second-order valence-electron chi connectivity index (χ2n) is 7.32. The van der Waals surface area contributed by atoms with Crippen LogP contribution < -0.4 is 4.57 Å². The highest BCUT2D eigenvalue weighted by molar-refractivity contribution is 5.94. The fourth-order valence-corrected chi connectivity index (χ4v) is 4.28. The first-order valence-electron chi connectivity index (χ1n) is 9.40. The number of aromatic nitrogens is 1. The van der Waals surface area contributed by atoms with Crippen molar-refractivity contribution in [2.24, 2.45) is 5.92 Å². The van der Waals surface area contributed by atoms with Gasteiger partial charge in [0.1, 0.15) is 0 Å². The SMILES string of the molecule is C1=C2CC(Cc3ccccc3)C=C2c2ccc[n+](Cc3ccccc3)c21. The number of benzene rings is 2. The van der Waals surface area contributed by atoms with Gasteiger partial charge in [0.25, 0.3) is 0 Å². The largest absolute Gasteiger partial charge is 0.213 e. The fourth-order valence-electron chi connectivity index (χ4n) is 4.28. The maximum Gasteiger partial charge on any atom is 0.213 e. The third-order valence-electron chi connectivity index (χ3n) is 5.48. The van der Waals surface area contributed by atoms with Gasteiger partial charge in [0.15, 0.2) is 12.7 Å². The van der Waals surface area contributed by atoms with Crippen LogP contribution in [0.3, 0.4) is 0 Å². The summed E-state index contributed by atoms with van der Waals surface area (Å²) < 4.78 is 2.38. The van der Waals surface area contributed by atoms with Gasteiger partial charge in [-0.25, -0.2) is 0 Å². The van der Waals surface area contributed by atoms with Crippen molar-refractivity contribution in [3.8, 4) is 0 Å². The molecule has 126 valence electrons. The zero-order valence-electron chi connectivity index (χ0n) is 14.8. The zero-order chi connectivity index (χ0) is 17.3. The van der Waals surface area contributed by atoms with Gasteiger partial charge in [-0.15, -0.1) is 0 Å². The molecule has 26 heavy (non-hydrogen) atoms. The van der Waals surface area contributed by atoms with Crippen molar-refractivity contribution in [1.82, 2.24) is 0 Å². The Bertz CT molecular complexity index is 997. The van der Waals surface area contributed by atoms with Gasteiger partial charge in [-0.3, -0.25) is 0 Å². The number of fused-ring (bicyclic) bond motifs is 3. The van der Waals surface area contributed by atoms with Crippen molar-refractivity contribution < 1.29 is 4.57 Å². The topological polar surface area (TPSA) is 3.88 Å². The first kappa shape index (κ1) is 15.3. The molecule has 2 aromatic carbocycles. The van der Waals surface area contributed by atoms with Gasteiger partial charge in [0.2, 0.25) is 5.69 Å². The van der Waals surface area contributed by atoms with E-state index in [1.54, 1.807) is 0 Å². The van der Waals surface area contributed by atoms with E-state index < -0.39 is 0 Å². The van der Waals surface area contributed by atoms with Crippen LogP contribution in [-0.4, -0.2) is 0 Å². The molecular formula is C25H22N+. The van der Waals surface area contributed by atoms with E-state index in [4.69, 9.17) is 0 Å². The standard InChI is InChI=1S/C25H22N/c1-3-8-19(9-4-1)14-21-15-22-17-25-23(24(22)16-21)12-7-13-26(25)18-20-10-5-2-6-11-20/h1-13,16-17,21H,14-15,18H2/q+1. The summed E-state index contributed by atoms with van der Waals surface area (Å²) in [6, 6.07) is 26.0. The quantitative estimate of drug-likeness (QED) is 0.586.